The van der Waals surface area contributed by atoms with Gasteiger partial charge in [0.1, 0.15) is 5.84 Å². The number of rotatable bonds is 5. The zero-order valence-electron chi connectivity index (χ0n) is 18.1. The minimum Gasteiger partial charge on any atom is -0.343 e. The maximum Gasteiger partial charge on any atom is 0.132 e. The molecule has 1 aliphatic rings. The number of benzene rings is 4. The van der Waals surface area contributed by atoms with Crippen LogP contribution in [0, 0.1) is 5.92 Å². The van der Waals surface area contributed by atoms with Gasteiger partial charge >= 0.3 is 0 Å². The molecule has 0 radical (unpaired) electrons. The Hall–Kier alpha value is -3.39. The molecule has 0 saturated heterocycles. The summed E-state index contributed by atoms with van der Waals surface area (Å²) in [5, 5.41) is 2.52. The van der Waals surface area contributed by atoms with Gasteiger partial charge in [-0.3, -0.25) is 4.99 Å². The second-order valence-electron chi connectivity index (χ2n) is 8.67. The Kier molecular flexibility index (Phi) is 5.30. The SMILES string of the molecule is CC(C)[C@H]1CN(C(c2ccccc2)c2ccccc2)C(c2cccc3ccccc23)=N1. The summed E-state index contributed by atoms with van der Waals surface area (Å²) in [6.45, 7) is 5.47. The van der Waals surface area contributed by atoms with Gasteiger partial charge in [-0.1, -0.05) is 117 Å². The van der Waals surface area contributed by atoms with Crippen molar-refractivity contribution in [3.05, 3.63) is 120 Å². The average Bonchev–Trinajstić information content (AvgIpc) is 3.25. The van der Waals surface area contributed by atoms with Crippen molar-refractivity contribution < 1.29 is 0 Å². The monoisotopic (exact) mass is 404 g/mol. The van der Waals surface area contributed by atoms with E-state index < -0.39 is 0 Å². The molecule has 5 rings (SSSR count). The van der Waals surface area contributed by atoms with E-state index in [1.807, 2.05) is 0 Å². The summed E-state index contributed by atoms with van der Waals surface area (Å²) >= 11 is 0. The number of fused-ring (bicyclic) bond motifs is 1. The van der Waals surface area contributed by atoms with Crippen molar-refractivity contribution >= 4 is 16.6 Å². The van der Waals surface area contributed by atoms with Crippen LogP contribution < -0.4 is 0 Å². The van der Waals surface area contributed by atoms with Gasteiger partial charge in [-0.25, -0.2) is 0 Å². The van der Waals surface area contributed by atoms with Gasteiger partial charge in [0.2, 0.25) is 0 Å². The molecule has 0 N–H and O–H groups in total. The standard InChI is InChI=1S/C29H28N2/c1-21(2)27-20-31(28(23-13-5-3-6-14-23)24-15-7-4-8-16-24)29(30-27)26-19-11-17-22-12-9-10-18-25(22)26/h3-19,21,27-28H,20H2,1-2H3/t27-/m1/s1. The fourth-order valence-electron chi connectivity index (χ4n) is 4.62. The van der Waals surface area contributed by atoms with Gasteiger partial charge in [0.25, 0.3) is 0 Å². The van der Waals surface area contributed by atoms with Crippen LogP contribution in [-0.4, -0.2) is 23.3 Å². The van der Waals surface area contributed by atoms with Crippen LogP contribution in [0.3, 0.4) is 0 Å². The highest BCUT2D eigenvalue weighted by atomic mass is 15.3. The molecule has 0 saturated carbocycles. The van der Waals surface area contributed by atoms with Crippen LogP contribution in [0.5, 0.6) is 0 Å². The zero-order valence-corrected chi connectivity index (χ0v) is 18.1. The van der Waals surface area contributed by atoms with E-state index in [4.69, 9.17) is 4.99 Å². The van der Waals surface area contributed by atoms with Crippen molar-refractivity contribution in [2.45, 2.75) is 25.9 Å². The maximum absolute atomic E-state index is 5.30. The van der Waals surface area contributed by atoms with Gasteiger partial charge < -0.3 is 4.90 Å². The summed E-state index contributed by atoms with van der Waals surface area (Å²) in [6.07, 6.45) is 0. The second kappa shape index (κ2) is 8.39. The molecular formula is C29H28N2. The van der Waals surface area contributed by atoms with Crippen molar-refractivity contribution in [1.82, 2.24) is 4.90 Å². The molecule has 1 atom stereocenters. The molecule has 4 aromatic carbocycles. The quantitative estimate of drug-likeness (QED) is 0.361. The summed E-state index contributed by atoms with van der Waals surface area (Å²) < 4.78 is 0. The van der Waals surface area contributed by atoms with Crippen LogP contribution in [0.1, 0.15) is 36.6 Å². The lowest BCUT2D eigenvalue weighted by molar-refractivity contribution is 0.338. The van der Waals surface area contributed by atoms with Crippen molar-refractivity contribution in [2.24, 2.45) is 10.9 Å². The van der Waals surface area contributed by atoms with Gasteiger partial charge in [0.15, 0.2) is 0 Å². The number of amidine groups is 1. The topological polar surface area (TPSA) is 15.6 Å². The molecule has 1 heterocycles. The average molecular weight is 405 g/mol. The molecule has 1 aliphatic heterocycles. The first-order valence-electron chi connectivity index (χ1n) is 11.1. The fourth-order valence-corrected chi connectivity index (χ4v) is 4.62. The molecule has 31 heavy (non-hydrogen) atoms. The van der Waals surface area contributed by atoms with Crippen LogP contribution >= 0.6 is 0 Å². The summed E-state index contributed by atoms with van der Waals surface area (Å²) in [4.78, 5) is 7.83. The largest absolute Gasteiger partial charge is 0.343 e. The van der Waals surface area contributed by atoms with Crippen LogP contribution in [0.25, 0.3) is 10.8 Å². The molecule has 0 aliphatic carbocycles. The van der Waals surface area contributed by atoms with E-state index in [1.54, 1.807) is 0 Å². The highest BCUT2D eigenvalue weighted by Crippen LogP contribution is 2.35. The normalized spacial score (nSPS) is 16.3. The first-order valence-corrected chi connectivity index (χ1v) is 11.1. The first-order chi connectivity index (χ1) is 15.2. The summed E-state index contributed by atoms with van der Waals surface area (Å²) in [5.74, 6) is 1.59. The lowest BCUT2D eigenvalue weighted by Gasteiger charge is -2.33. The van der Waals surface area contributed by atoms with Gasteiger partial charge in [-0.2, -0.15) is 0 Å². The molecular weight excluding hydrogens is 376 g/mol. The molecule has 4 aromatic rings. The summed E-state index contributed by atoms with van der Waals surface area (Å²) in [7, 11) is 0. The van der Waals surface area contributed by atoms with Crippen molar-refractivity contribution in [2.75, 3.05) is 6.54 Å². The van der Waals surface area contributed by atoms with Crippen LogP contribution in [0.4, 0.5) is 0 Å². The third-order valence-electron chi connectivity index (χ3n) is 6.29. The number of hydrogen-bond donors (Lipinski definition) is 0. The minimum atomic E-state index is 0.129. The zero-order chi connectivity index (χ0) is 21.2. The molecule has 0 spiro atoms. The third-order valence-corrected chi connectivity index (χ3v) is 6.29. The van der Waals surface area contributed by atoms with Crippen LogP contribution in [0.2, 0.25) is 0 Å². The Morgan fingerprint density at radius 2 is 1.29 bits per heavy atom. The van der Waals surface area contributed by atoms with Gasteiger partial charge in [-0.15, -0.1) is 0 Å². The van der Waals surface area contributed by atoms with Gasteiger partial charge in [-0.05, 0) is 27.8 Å². The highest BCUT2D eigenvalue weighted by Gasteiger charge is 2.34. The van der Waals surface area contributed by atoms with Crippen LogP contribution in [0.15, 0.2) is 108 Å². The maximum atomic E-state index is 5.30. The first kappa shape index (κ1) is 19.6. The fraction of sp³-hybridized carbons (Fsp3) is 0.207. The highest BCUT2D eigenvalue weighted by molar-refractivity contribution is 6.10. The lowest BCUT2D eigenvalue weighted by atomic mass is 9.95. The number of aliphatic imine (C=N–C) groups is 1. The molecule has 0 aromatic heterocycles. The Bertz CT molecular complexity index is 1150. The number of hydrogen-bond acceptors (Lipinski definition) is 2. The second-order valence-corrected chi connectivity index (χ2v) is 8.67. The van der Waals surface area contributed by atoms with E-state index in [0.29, 0.717) is 5.92 Å². The predicted molar refractivity (Wildman–Crippen MR) is 131 cm³/mol. The van der Waals surface area contributed by atoms with Crippen molar-refractivity contribution in [1.29, 1.82) is 0 Å². The predicted octanol–water partition coefficient (Wildman–Crippen LogP) is 6.72. The van der Waals surface area contributed by atoms with E-state index in [-0.39, 0.29) is 12.1 Å². The molecule has 0 amide bonds. The Labute approximate surface area is 184 Å². The summed E-state index contributed by atoms with van der Waals surface area (Å²) in [6, 6.07) is 37.3. The number of nitrogens with zero attached hydrogens (tertiary/aromatic N) is 2. The summed E-state index contributed by atoms with van der Waals surface area (Å²) in [5.41, 5.74) is 3.81. The van der Waals surface area contributed by atoms with E-state index in [0.717, 1.165) is 12.4 Å². The van der Waals surface area contributed by atoms with Gasteiger partial charge in [0.05, 0.1) is 12.1 Å². The van der Waals surface area contributed by atoms with Crippen molar-refractivity contribution in [3.8, 4) is 0 Å². The minimum absolute atomic E-state index is 0.129. The van der Waals surface area contributed by atoms with E-state index >= 15 is 0 Å². The molecule has 0 fully saturated rings. The molecule has 2 heteroatoms. The van der Waals surface area contributed by atoms with Crippen molar-refractivity contribution in [3.63, 3.8) is 0 Å². The van der Waals surface area contributed by atoms with E-state index in [2.05, 4.69) is 122 Å². The molecule has 0 bridgehead atoms. The molecule has 2 nitrogen and oxygen atoms in total. The van der Waals surface area contributed by atoms with Gasteiger partial charge in [0, 0.05) is 12.1 Å². The smallest absolute Gasteiger partial charge is 0.132 e. The van der Waals surface area contributed by atoms with Crippen LogP contribution in [-0.2, 0) is 0 Å². The third kappa shape index (κ3) is 3.74. The van der Waals surface area contributed by atoms with E-state index in [9.17, 15) is 0 Å². The van der Waals surface area contributed by atoms with E-state index in [1.165, 1.54) is 27.5 Å². The Morgan fingerprint density at radius 3 is 1.94 bits per heavy atom. The lowest BCUT2D eigenvalue weighted by Crippen LogP contribution is -2.35. The Balaban J connectivity index is 1.69. The molecule has 0 unspecified atom stereocenters. The Morgan fingerprint density at radius 1 is 0.710 bits per heavy atom. The molecule has 154 valence electrons.